The van der Waals surface area contributed by atoms with Gasteiger partial charge in [-0.3, -0.25) is 10.1 Å². The van der Waals surface area contributed by atoms with E-state index in [2.05, 4.69) is 22.4 Å². The summed E-state index contributed by atoms with van der Waals surface area (Å²) in [6, 6.07) is 23.6. The number of nitrogens with zero attached hydrogens (tertiary/aromatic N) is 1. The van der Waals surface area contributed by atoms with Crippen LogP contribution in [0.2, 0.25) is 0 Å². The van der Waals surface area contributed by atoms with Gasteiger partial charge in [-0.15, -0.1) is 11.3 Å². The second kappa shape index (κ2) is 11.0. The molecule has 0 radical (unpaired) electrons. The molecule has 0 aliphatic rings. The number of benzene rings is 3. The molecule has 0 saturated heterocycles. The molecular formula is C26H24N2O3S2. The Bertz CT molecular complexity index is 1190. The molecule has 0 unspecified atom stereocenters. The molecule has 33 heavy (non-hydrogen) atoms. The molecule has 0 atom stereocenters. The Labute approximate surface area is 201 Å². The summed E-state index contributed by atoms with van der Waals surface area (Å²) in [5, 5.41) is 5.48. The predicted octanol–water partition coefficient (Wildman–Crippen LogP) is 6.51. The van der Waals surface area contributed by atoms with Crippen LogP contribution in [-0.2, 0) is 11.5 Å². The third kappa shape index (κ3) is 6.15. The van der Waals surface area contributed by atoms with E-state index in [0.29, 0.717) is 10.7 Å². The summed E-state index contributed by atoms with van der Waals surface area (Å²) in [5.74, 6) is 2.95. The molecule has 0 aliphatic heterocycles. The van der Waals surface area contributed by atoms with E-state index in [1.165, 1.54) is 11.3 Å². The molecule has 0 bridgehead atoms. The molecule has 168 valence electrons. The maximum Gasteiger partial charge on any atom is 0.257 e. The zero-order valence-electron chi connectivity index (χ0n) is 18.4. The number of thiazole rings is 1. The van der Waals surface area contributed by atoms with E-state index in [-0.39, 0.29) is 5.91 Å². The van der Waals surface area contributed by atoms with Crippen molar-refractivity contribution in [2.24, 2.45) is 0 Å². The van der Waals surface area contributed by atoms with E-state index in [1.807, 2.05) is 66.0 Å². The number of rotatable bonds is 9. The van der Waals surface area contributed by atoms with Crippen molar-refractivity contribution in [1.29, 1.82) is 0 Å². The Morgan fingerprint density at radius 1 is 0.909 bits per heavy atom. The standard InChI is InChI=1S/C26H24N2O3S2/c1-30-23-12-18(13-24(14-23)31-2)15-32-16-22-17-33-26(27-22)28-25(29)21-10-8-20(9-11-21)19-6-4-3-5-7-19/h3-14,17H,15-16H2,1-2H3,(H,27,28,29). The molecule has 3 aromatic carbocycles. The fourth-order valence-corrected chi connectivity index (χ4v) is 4.94. The highest BCUT2D eigenvalue weighted by Gasteiger charge is 2.10. The van der Waals surface area contributed by atoms with E-state index < -0.39 is 0 Å². The number of aromatic nitrogens is 1. The first-order valence-electron chi connectivity index (χ1n) is 10.4. The topological polar surface area (TPSA) is 60.5 Å². The Balaban J connectivity index is 1.31. The van der Waals surface area contributed by atoms with Crippen LogP contribution in [0.15, 0.2) is 78.2 Å². The average Bonchev–Trinajstić information content (AvgIpc) is 3.31. The molecule has 5 nitrogen and oxygen atoms in total. The van der Waals surface area contributed by atoms with Crippen LogP contribution < -0.4 is 14.8 Å². The minimum absolute atomic E-state index is 0.161. The van der Waals surface area contributed by atoms with Crippen molar-refractivity contribution in [2.45, 2.75) is 11.5 Å². The minimum Gasteiger partial charge on any atom is -0.497 e. The lowest BCUT2D eigenvalue weighted by molar-refractivity contribution is 0.102. The quantitative estimate of drug-likeness (QED) is 0.298. The maximum absolute atomic E-state index is 12.6. The number of hydrogen-bond acceptors (Lipinski definition) is 6. The number of ether oxygens (including phenoxy) is 2. The van der Waals surface area contributed by atoms with Gasteiger partial charge in [0.05, 0.1) is 19.9 Å². The largest absolute Gasteiger partial charge is 0.497 e. The highest BCUT2D eigenvalue weighted by atomic mass is 32.2. The Morgan fingerprint density at radius 3 is 2.24 bits per heavy atom. The van der Waals surface area contributed by atoms with Crippen LogP contribution in [0.1, 0.15) is 21.6 Å². The number of amides is 1. The molecule has 1 heterocycles. The van der Waals surface area contributed by atoms with Gasteiger partial charge in [0.15, 0.2) is 5.13 Å². The van der Waals surface area contributed by atoms with E-state index in [9.17, 15) is 4.79 Å². The van der Waals surface area contributed by atoms with E-state index >= 15 is 0 Å². The summed E-state index contributed by atoms with van der Waals surface area (Å²) in [6.45, 7) is 0. The summed E-state index contributed by atoms with van der Waals surface area (Å²) in [4.78, 5) is 17.2. The number of thioether (sulfide) groups is 1. The van der Waals surface area contributed by atoms with Crippen molar-refractivity contribution >= 4 is 34.1 Å². The van der Waals surface area contributed by atoms with Crippen molar-refractivity contribution in [1.82, 2.24) is 4.98 Å². The third-order valence-electron chi connectivity index (χ3n) is 4.96. The second-order valence-corrected chi connectivity index (χ2v) is 9.10. The SMILES string of the molecule is COc1cc(CSCc2csc(NC(=O)c3ccc(-c4ccccc4)cc3)n2)cc(OC)c1. The highest BCUT2D eigenvalue weighted by molar-refractivity contribution is 7.97. The zero-order valence-corrected chi connectivity index (χ0v) is 20.0. The molecule has 1 amide bonds. The Kier molecular flexibility index (Phi) is 7.65. The van der Waals surface area contributed by atoms with E-state index in [1.54, 1.807) is 26.0 Å². The summed E-state index contributed by atoms with van der Waals surface area (Å²) in [6.07, 6.45) is 0. The molecule has 1 N–H and O–H groups in total. The van der Waals surface area contributed by atoms with Gasteiger partial charge in [0.1, 0.15) is 11.5 Å². The third-order valence-corrected chi connectivity index (χ3v) is 6.80. The number of hydrogen-bond donors (Lipinski definition) is 1. The van der Waals surface area contributed by atoms with Gasteiger partial charge in [0, 0.05) is 28.5 Å². The monoisotopic (exact) mass is 476 g/mol. The fourth-order valence-electron chi connectivity index (χ4n) is 3.27. The van der Waals surface area contributed by atoms with Crippen molar-refractivity contribution < 1.29 is 14.3 Å². The smallest absolute Gasteiger partial charge is 0.257 e. The summed E-state index contributed by atoms with van der Waals surface area (Å²) in [7, 11) is 3.29. The van der Waals surface area contributed by atoms with Crippen LogP contribution in [0.25, 0.3) is 11.1 Å². The van der Waals surface area contributed by atoms with Crippen molar-refractivity contribution in [3.63, 3.8) is 0 Å². The maximum atomic E-state index is 12.6. The van der Waals surface area contributed by atoms with E-state index in [4.69, 9.17) is 9.47 Å². The van der Waals surface area contributed by atoms with E-state index in [0.717, 1.165) is 45.4 Å². The molecule has 1 aromatic heterocycles. The first-order chi connectivity index (χ1) is 16.1. The molecule has 0 saturated carbocycles. The summed E-state index contributed by atoms with van der Waals surface area (Å²) >= 11 is 3.18. The number of carbonyl (C=O) groups excluding carboxylic acids is 1. The van der Waals surface area contributed by atoms with Crippen molar-refractivity contribution in [2.75, 3.05) is 19.5 Å². The highest BCUT2D eigenvalue weighted by Crippen LogP contribution is 2.27. The number of methoxy groups -OCH3 is 2. The van der Waals surface area contributed by atoms with Crippen LogP contribution in [0.3, 0.4) is 0 Å². The lowest BCUT2D eigenvalue weighted by atomic mass is 10.0. The van der Waals surface area contributed by atoms with Gasteiger partial charge < -0.3 is 9.47 Å². The molecule has 0 spiro atoms. The normalized spacial score (nSPS) is 10.6. The lowest BCUT2D eigenvalue weighted by Crippen LogP contribution is -2.11. The van der Waals surface area contributed by atoms with Gasteiger partial charge in [-0.2, -0.15) is 11.8 Å². The van der Waals surface area contributed by atoms with Crippen LogP contribution in [0, 0.1) is 0 Å². The summed E-state index contributed by atoms with van der Waals surface area (Å²) in [5.41, 5.74) is 4.87. The molecule has 0 fully saturated rings. The van der Waals surface area contributed by atoms with Gasteiger partial charge in [-0.25, -0.2) is 4.98 Å². The first-order valence-corrected chi connectivity index (χ1v) is 12.4. The Hall–Kier alpha value is -3.29. The van der Waals surface area contributed by atoms with Crippen molar-refractivity contribution in [3.05, 3.63) is 95.0 Å². The van der Waals surface area contributed by atoms with Gasteiger partial charge in [0.25, 0.3) is 5.91 Å². The van der Waals surface area contributed by atoms with Crippen LogP contribution >= 0.6 is 23.1 Å². The lowest BCUT2D eigenvalue weighted by Gasteiger charge is -2.08. The average molecular weight is 477 g/mol. The number of nitrogens with one attached hydrogen (secondary N) is 1. The van der Waals surface area contributed by atoms with Gasteiger partial charge in [0.2, 0.25) is 0 Å². The molecule has 7 heteroatoms. The molecule has 0 aliphatic carbocycles. The molecular weight excluding hydrogens is 452 g/mol. The van der Waals surface area contributed by atoms with Crippen molar-refractivity contribution in [3.8, 4) is 22.6 Å². The molecule has 4 aromatic rings. The minimum atomic E-state index is -0.161. The van der Waals surface area contributed by atoms with Crippen LogP contribution in [0.4, 0.5) is 5.13 Å². The predicted molar refractivity (Wildman–Crippen MR) is 136 cm³/mol. The first kappa shape index (κ1) is 22.9. The van der Waals surface area contributed by atoms with Crippen LogP contribution in [0.5, 0.6) is 11.5 Å². The van der Waals surface area contributed by atoms with Gasteiger partial charge in [-0.1, -0.05) is 42.5 Å². The molecule has 4 rings (SSSR count). The Morgan fingerprint density at radius 2 is 1.58 bits per heavy atom. The number of carbonyl (C=O) groups is 1. The van der Waals surface area contributed by atoms with Crippen LogP contribution in [-0.4, -0.2) is 25.1 Å². The van der Waals surface area contributed by atoms with Gasteiger partial charge >= 0.3 is 0 Å². The number of anilines is 1. The zero-order chi connectivity index (χ0) is 23.0. The van der Waals surface area contributed by atoms with Gasteiger partial charge in [-0.05, 0) is 41.0 Å². The fraction of sp³-hybridized carbons (Fsp3) is 0.154. The second-order valence-electron chi connectivity index (χ2n) is 7.26. The summed E-state index contributed by atoms with van der Waals surface area (Å²) < 4.78 is 10.7.